The first-order valence-electron chi connectivity index (χ1n) is 5.99. The van der Waals surface area contributed by atoms with Gasteiger partial charge in [-0.3, -0.25) is 4.72 Å². The van der Waals surface area contributed by atoms with Crippen molar-refractivity contribution in [3.05, 3.63) is 44.6 Å². The Bertz CT molecular complexity index is 762. The Hall–Kier alpha value is -0.830. The second-order valence-electron chi connectivity index (χ2n) is 4.65. The van der Waals surface area contributed by atoms with Crippen LogP contribution in [0.25, 0.3) is 0 Å². The monoisotopic (exact) mass is 436 g/mol. The second kappa shape index (κ2) is 6.12. The molecular weight excluding hydrogens is 424 g/mol. The highest BCUT2D eigenvalue weighted by atomic mass is 79.9. The van der Waals surface area contributed by atoms with E-state index in [0.717, 1.165) is 5.56 Å². The highest BCUT2D eigenvalue weighted by molar-refractivity contribution is 9.11. The van der Waals surface area contributed by atoms with Gasteiger partial charge in [0.05, 0.1) is 12.3 Å². The number of nitrogens with one attached hydrogen (secondary N) is 1. The fraction of sp³-hybridized carbons (Fsp3) is 0.231. The van der Waals surface area contributed by atoms with Gasteiger partial charge in [-0.2, -0.15) is 0 Å². The molecule has 2 aromatic rings. The molecule has 0 amide bonds. The number of aryl methyl sites for hydroxylation is 2. The summed E-state index contributed by atoms with van der Waals surface area (Å²) >= 11 is 6.71. The van der Waals surface area contributed by atoms with Gasteiger partial charge in [-0.1, -0.05) is 0 Å². The van der Waals surface area contributed by atoms with E-state index in [4.69, 9.17) is 5.11 Å². The molecule has 0 aliphatic carbocycles. The average molecular weight is 438 g/mol. The molecule has 1 aromatic heterocycles. The molecule has 0 aliphatic rings. The Morgan fingerprint density at radius 1 is 1.24 bits per heavy atom. The molecule has 0 spiro atoms. The molecule has 114 valence electrons. The second-order valence-corrected chi connectivity index (χ2v) is 8.04. The van der Waals surface area contributed by atoms with Gasteiger partial charge in [-0.15, -0.1) is 0 Å². The van der Waals surface area contributed by atoms with Crippen LogP contribution in [0.15, 0.2) is 38.2 Å². The Balaban J connectivity index is 2.42. The maximum Gasteiger partial charge on any atom is 0.263 e. The van der Waals surface area contributed by atoms with Crippen LogP contribution >= 0.6 is 31.9 Å². The molecule has 21 heavy (non-hydrogen) atoms. The summed E-state index contributed by atoms with van der Waals surface area (Å²) in [5.74, 6) is 0. The summed E-state index contributed by atoms with van der Waals surface area (Å²) in [7, 11) is -2.04. The van der Waals surface area contributed by atoms with Gasteiger partial charge in [-0.25, -0.2) is 8.42 Å². The number of nitrogens with zero attached hydrogens (tertiary/aromatic N) is 1. The number of rotatable bonds is 4. The summed E-state index contributed by atoms with van der Waals surface area (Å²) in [6.07, 6.45) is 1.46. The van der Waals surface area contributed by atoms with Gasteiger partial charge in [0, 0.05) is 27.9 Å². The smallest absolute Gasteiger partial charge is 0.263 e. The van der Waals surface area contributed by atoms with Crippen molar-refractivity contribution in [2.24, 2.45) is 7.05 Å². The number of aliphatic hydroxyl groups excluding tert-OH is 1. The van der Waals surface area contributed by atoms with E-state index in [1.807, 2.05) is 19.1 Å². The van der Waals surface area contributed by atoms with Crippen LogP contribution in [0.3, 0.4) is 0 Å². The van der Waals surface area contributed by atoms with Crippen molar-refractivity contribution >= 4 is 47.6 Å². The Morgan fingerprint density at radius 3 is 2.29 bits per heavy atom. The van der Waals surface area contributed by atoms with E-state index in [9.17, 15) is 8.42 Å². The summed E-state index contributed by atoms with van der Waals surface area (Å²) in [6.45, 7) is 1.70. The van der Waals surface area contributed by atoms with Gasteiger partial charge in [0.1, 0.15) is 4.90 Å². The SMILES string of the molecule is Cc1cc(Br)c(NS(=O)(=O)c2cc(CO)n(C)c2)c(Br)c1. The summed E-state index contributed by atoms with van der Waals surface area (Å²) < 4.78 is 30.3. The zero-order valence-electron chi connectivity index (χ0n) is 11.4. The largest absolute Gasteiger partial charge is 0.390 e. The van der Waals surface area contributed by atoms with Crippen LogP contribution in [-0.2, 0) is 23.7 Å². The van der Waals surface area contributed by atoms with E-state index in [1.165, 1.54) is 12.3 Å². The van der Waals surface area contributed by atoms with E-state index >= 15 is 0 Å². The van der Waals surface area contributed by atoms with Gasteiger partial charge < -0.3 is 9.67 Å². The van der Waals surface area contributed by atoms with Crippen LogP contribution in [-0.4, -0.2) is 18.1 Å². The zero-order valence-corrected chi connectivity index (χ0v) is 15.4. The van der Waals surface area contributed by atoms with E-state index < -0.39 is 10.0 Å². The topological polar surface area (TPSA) is 71.3 Å². The van der Waals surface area contributed by atoms with Crippen molar-refractivity contribution in [2.75, 3.05) is 4.72 Å². The van der Waals surface area contributed by atoms with Crippen molar-refractivity contribution in [1.29, 1.82) is 0 Å². The molecule has 0 atom stereocenters. The molecule has 5 nitrogen and oxygen atoms in total. The minimum absolute atomic E-state index is 0.105. The zero-order chi connectivity index (χ0) is 15.8. The first kappa shape index (κ1) is 16.5. The van der Waals surface area contributed by atoms with Crippen molar-refractivity contribution in [3.63, 3.8) is 0 Å². The molecule has 0 aliphatic heterocycles. The number of hydrogen-bond donors (Lipinski definition) is 2. The molecule has 8 heteroatoms. The summed E-state index contributed by atoms with van der Waals surface area (Å²) in [6, 6.07) is 5.10. The first-order valence-corrected chi connectivity index (χ1v) is 9.06. The third-order valence-corrected chi connectivity index (χ3v) is 5.55. The third kappa shape index (κ3) is 3.50. The van der Waals surface area contributed by atoms with E-state index in [1.54, 1.807) is 11.6 Å². The highest BCUT2D eigenvalue weighted by Crippen LogP contribution is 2.34. The lowest BCUT2D eigenvalue weighted by molar-refractivity contribution is 0.272. The first-order chi connectivity index (χ1) is 9.74. The Labute approximate surface area is 140 Å². The number of aromatic nitrogens is 1. The van der Waals surface area contributed by atoms with Crippen LogP contribution in [0.4, 0.5) is 5.69 Å². The van der Waals surface area contributed by atoms with Crippen LogP contribution in [0.1, 0.15) is 11.3 Å². The normalized spacial score (nSPS) is 11.7. The fourth-order valence-corrected chi connectivity index (χ4v) is 4.94. The quantitative estimate of drug-likeness (QED) is 0.771. The van der Waals surface area contributed by atoms with Gasteiger partial charge in [0.15, 0.2) is 0 Å². The summed E-state index contributed by atoms with van der Waals surface area (Å²) in [5, 5.41) is 9.15. The molecule has 0 saturated carbocycles. The molecule has 2 N–H and O–H groups in total. The third-order valence-electron chi connectivity index (χ3n) is 2.98. The molecule has 1 aromatic carbocycles. The van der Waals surface area contributed by atoms with E-state index in [-0.39, 0.29) is 11.5 Å². The lowest BCUT2D eigenvalue weighted by atomic mass is 10.2. The van der Waals surface area contributed by atoms with Crippen LogP contribution < -0.4 is 4.72 Å². The molecule has 0 saturated heterocycles. The summed E-state index contributed by atoms with van der Waals surface area (Å²) in [5.41, 5.74) is 1.96. The standard InChI is InChI=1S/C13H14Br2N2O3S/c1-8-3-11(14)13(12(15)4-8)16-21(19,20)10-5-9(7-18)17(2)6-10/h3-6,16,18H,7H2,1-2H3. The Morgan fingerprint density at radius 2 is 1.81 bits per heavy atom. The van der Waals surface area contributed by atoms with Gasteiger partial charge in [0.2, 0.25) is 0 Å². The van der Waals surface area contributed by atoms with Crippen LogP contribution in [0, 0.1) is 6.92 Å². The van der Waals surface area contributed by atoms with E-state index in [2.05, 4.69) is 36.6 Å². The van der Waals surface area contributed by atoms with Gasteiger partial charge in [-0.05, 0) is 62.5 Å². The van der Waals surface area contributed by atoms with Crippen molar-refractivity contribution in [1.82, 2.24) is 4.57 Å². The lowest BCUT2D eigenvalue weighted by Crippen LogP contribution is -2.13. The predicted octanol–water partition coefficient (Wildman–Crippen LogP) is 3.15. The van der Waals surface area contributed by atoms with Crippen LogP contribution in [0.5, 0.6) is 0 Å². The van der Waals surface area contributed by atoms with E-state index in [0.29, 0.717) is 20.3 Å². The summed E-state index contributed by atoms with van der Waals surface area (Å²) in [4.78, 5) is 0.105. The van der Waals surface area contributed by atoms with Crippen LogP contribution in [0.2, 0.25) is 0 Å². The maximum atomic E-state index is 12.4. The minimum Gasteiger partial charge on any atom is -0.390 e. The number of aliphatic hydroxyl groups is 1. The number of sulfonamides is 1. The lowest BCUT2D eigenvalue weighted by Gasteiger charge is -2.11. The van der Waals surface area contributed by atoms with Crippen molar-refractivity contribution in [3.8, 4) is 0 Å². The minimum atomic E-state index is -3.72. The molecule has 0 fully saturated rings. The number of hydrogen-bond acceptors (Lipinski definition) is 3. The molecule has 0 radical (unpaired) electrons. The van der Waals surface area contributed by atoms with Crippen molar-refractivity contribution in [2.45, 2.75) is 18.4 Å². The van der Waals surface area contributed by atoms with Gasteiger partial charge in [0.25, 0.3) is 10.0 Å². The Kier molecular flexibility index (Phi) is 4.82. The number of halogens is 2. The number of benzene rings is 1. The fourth-order valence-electron chi connectivity index (χ4n) is 1.87. The molecular formula is C13H14Br2N2O3S. The maximum absolute atomic E-state index is 12.4. The molecule has 2 rings (SSSR count). The molecule has 1 heterocycles. The van der Waals surface area contributed by atoms with Crippen molar-refractivity contribution < 1.29 is 13.5 Å². The highest BCUT2D eigenvalue weighted by Gasteiger charge is 2.20. The molecule has 0 unspecified atom stereocenters. The average Bonchev–Trinajstić information content (AvgIpc) is 2.76. The predicted molar refractivity (Wildman–Crippen MR) is 88.7 cm³/mol. The number of anilines is 1. The molecule has 0 bridgehead atoms. The van der Waals surface area contributed by atoms with Gasteiger partial charge >= 0.3 is 0 Å².